The molecule has 1 saturated heterocycles. The summed E-state index contributed by atoms with van der Waals surface area (Å²) in [5, 5.41) is 0. The topological polar surface area (TPSA) is 76.8 Å². The fraction of sp³-hybridized carbons (Fsp3) is 0.278. The Balaban J connectivity index is 1.65. The van der Waals surface area contributed by atoms with Crippen molar-refractivity contribution in [1.82, 2.24) is 29.4 Å². The molecule has 126 valence electrons. The number of aromatic nitrogens is 5. The van der Waals surface area contributed by atoms with Gasteiger partial charge in [-0.2, -0.15) is 0 Å². The SMILES string of the molecule is Cc1nccn1-c1cncc([C@H]2CCCN2C(=O)c2cccnc2)n1. The highest BCUT2D eigenvalue weighted by Gasteiger charge is 2.32. The minimum Gasteiger partial charge on any atom is -0.330 e. The Morgan fingerprint density at radius 3 is 2.88 bits per heavy atom. The van der Waals surface area contributed by atoms with Gasteiger partial charge in [-0.25, -0.2) is 9.97 Å². The predicted molar refractivity (Wildman–Crippen MR) is 91.1 cm³/mol. The maximum atomic E-state index is 12.8. The molecular weight excluding hydrogens is 316 g/mol. The molecule has 7 heteroatoms. The molecule has 0 radical (unpaired) electrons. The van der Waals surface area contributed by atoms with Crippen LogP contribution in [0.1, 0.15) is 40.8 Å². The van der Waals surface area contributed by atoms with Crippen LogP contribution in [-0.4, -0.2) is 41.9 Å². The lowest BCUT2D eigenvalue weighted by Gasteiger charge is -2.24. The summed E-state index contributed by atoms with van der Waals surface area (Å²) in [6, 6.07) is 3.51. The Bertz CT molecular complexity index is 891. The Hall–Kier alpha value is -3.09. The molecule has 0 aromatic carbocycles. The number of likely N-dealkylation sites (tertiary alicyclic amines) is 1. The lowest BCUT2D eigenvalue weighted by molar-refractivity contribution is 0.0732. The van der Waals surface area contributed by atoms with E-state index < -0.39 is 0 Å². The third-order valence-corrected chi connectivity index (χ3v) is 4.48. The van der Waals surface area contributed by atoms with Gasteiger partial charge in [0.25, 0.3) is 5.91 Å². The van der Waals surface area contributed by atoms with Crippen molar-refractivity contribution in [1.29, 1.82) is 0 Å². The second kappa shape index (κ2) is 6.43. The first kappa shape index (κ1) is 15.4. The summed E-state index contributed by atoms with van der Waals surface area (Å²) >= 11 is 0. The number of pyridine rings is 1. The average Bonchev–Trinajstić information content (AvgIpc) is 3.31. The van der Waals surface area contributed by atoms with E-state index in [2.05, 4.69) is 15.0 Å². The second-order valence-electron chi connectivity index (χ2n) is 6.04. The smallest absolute Gasteiger partial charge is 0.255 e. The second-order valence-corrected chi connectivity index (χ2v) is 6.04. The monoisotopic (exact) mass is 334 g/mol. The van der Waals surface area contributed by atoms with Crippen molar-refractivity contribution in [3.63, 3.8) is 0 Å². The molecule has 25 heavy (non-hydrogen) atoms. The molecule has 0 spiro atoms. The molecule has 0 unspecified atom stereocenters. The lowest BCUT2D eigenvalue weighted by atomic mass is 10.1. The van der Waals surface area contributed by atoms with Crippen molar-refractivity contribution >= 4 is 5.91 Å². The summed E-state index contributed by atoms with van der Waals surface area (Å²) in [5.41, 5.74) is 1.41. The normalized spacial score (nSPS) is 17.0. The number of nitrogens with zero attached hydrogens (tertiary/aromatic N) is 6. The first-order valence-corrected chi connectivity index (χ1v) is 8.27. The zero-order valence-electron chi connectivity index (χ0n) is 13.9. The van der Waals surface area contributed by atoms with Gasteiger partial charge in [-0.05, 0) is 31.9 Å². The maximum Gasteiger partial charge on any atom is 0.255 e. The van der Waals surface area contributed by atoms with Gasteiger partial charge in [-0.15, -0.1) is 0 Å². The van der Waals surface area contributed by atoms with Gasteiger partial charge in [0, 0.05) is 31.3 Å². The number of hydrogen-bond acceptors (Lipinski definition) is 5. The Morgan fingerprint density at radius 1 is 1.20 bits per heavy atom. The van der Waals surface area contributed by atoms with E-state index in [0.29, 0.717) is 17.9 Å². The van der Waals surface area contributed by atoms with Crippen LogP contribution < -0.4 is 0 Å². The first-order chi connectivity index (χ1) is 12.2. The number of carbonyl (C=O) groups is 1. The summed E-state index contributed by atoms with van der Waals surface area (Å²) in [4.78, 5) is 32.0. The summed E-state index contributed by atoms with van der Waals surface area (Å²) in [6.07, 6.45) is 12.2. The first-order valence-electron chi connectivity index (χ1n) is 8.27. The Morgan fingerprint density at radius 2 is 2.12 bits per heavy atom. The number of hydrogen-bond donors (Lipinski definition) is 0. The minimum absolute atomic E-state index is 0.0124. The van der Waals surface area contributed by atoms with E-state index in [1.54, 1.807) is 43.1 Å². The molecule has 3 aromatic heterocycles. The molecule has 0 N–H and O–H groups in total. The molecule has 0 bridgehead atoms. The third kappa shape index (κ3) is 2.88. The van der Waals surface area contributed by atoms with Crippen molar-refractivity contribution in [2.24, 2.45) is 0 Å². The van der Waals surface area contributed by atoms with Crippen LogP contribution in [0, 0.1) is 6.92 Å². The summed E-state index contributed by atoms with van der Waals surface area (Å²) in [7, 11) is 0. The van der Waals surface area contributed by atoms with Crippen molar-refractivity contribution in [3.05, 3.63) is 66.4 Å². The fourth-order valence-corrected chi connectivity index (χ4v) is 3.24. The van der Waals surface area contributed by atoms with Crippen LogP contribution in [0.3, 0.4) is 0 Å². The summed E-state index contributed by atoms with van der Waals surface area (Å²) in [6.45, 7) is 2.64. The van der Waals surface area contributed by atoms with E-state index in [1.165, 1.54) is 0 Å². The number of aryl methyl sites for hydroxylation is 1. The van der Waals surface area contributed by atoms with Crippen LogP contribution >= 0.6 is 0 Å². The highest BCUT2D eigenvalue weighted by molar-refractivity contribution is 5.94. The Labute approximate surface area is 145 Å². The van der Waals surface area contributed by atoms with Gasteiger partial charge in [0.1, 0.15) is 5.82 Å². The molecule has 7 nitrogen and oxygen atoms in total. The molecule has 1 aliphatic heterocycles. The molecule has 4 rings (SSSR count). The standard InChI is InChI=1S/C18H18N6O/c1-13-21-7-9-23(13)17-12-20-11-15(22-17)16-5-3-8-24(16)18(25)14-4-2-6-19-10-14/h2,4,6-7,9-12,16H,3,5,8H2,1H3/t16-/m1/s1. The van der Waals surface area contributed by atoms with Crippen molar-refractivity contribution in [2.75, 3.05) is 6.54 Å². The van der Waals surface area contributed by atoms with Gasteiger partial charge in [0.05, 0.1) is 29.7 Å². The van der Waals surface area contributed by atoms with Crippen molar-refractivity contribution in [3.8, 4) is 5.82 Å². The number of imidazole rings is 1. The minimum atomic E-state index is -0.0658. The fourth-order valence-electron chi connectivity index (χ4n) is 3.24. The van der Waals surface area contributed by atoms with Gasteiger partial charge >= 0.3 is 0 Å². The molecule has 1 fully saturated rings. The van der Waals surface area contributed by atoms with Crippen molar-refractivity contribution < 1.29 is 4.79 Å². The van der Waals surface area contributed by atoms with E-state index in [9.17, 15) is 4.79 Å². The van der Waals surface area contributed by atoms with E-state index >= 15 is 0 Å². The van der Waals surface area contributed by atoms with E-state index in [1.807, 2.05) is 22.6 Å². The number of amides is 1. The maximum absolute atomic E-state index is 12.8. The molecule has 0 saturated carbocycles. The van der Waals surface area contributed by atoms with Gasteiger partial charge in [0.2, 0.25) is 0 Å². The van der Waals surface area contributed by atoms with Crippen LogP contribution in [0.2, 0.25) is 0 Å². The average molecular weight is 334 g/mol. The number of rotatable bonds is 3. The zero-order chi connectivity index (χ0) is 17.2. The van der Waals surface area contributed by atoms with Crippen LogP contribution in [0.15, 0.2) is 49.3 Å². The third-order valence-electron chi connectivity index (χ3n) is 4.48. The van der Waals surface area contributed by atoms with Gasteiger partial charge in [0.15, 0.2) is 5.82 Å². The molecular formula is C18H18N6O. The molecule has 4 heterocycles. The van der Waals surface area contributed by atoms with Crippen LogP contribution in [0.5, 0.6) is 0 Å². The highest BCUT2D eigenvalue weighted by Crippen LogP contribution is 2.32. The summed E-state index contributed by atoms with van der Waals surface area (Å²) in [5.74, 6) is 1.55. The van der Waals surface area contributed by atoms with Crippen LogP contribution in [0.4, 0.5) is 0 Å². The molecule has 1 amide bonds. The lowest BCUT2D eigenvalue weighted by Crippen LogP contribution is -2.31. The van der Waals surface area contributed by atoms with Gasteiger partial charge < -0.3 is 4.90 Å². The van der Waals surface area contributed by atoms with Crippen LogP contribution in [-0.2, 0) is 0 Å². The molecule has 1 aliphatic rings. The summed E-state index contributed by atoms with van der Waals surface area (Å²) < 4.78 is 1.89. The largest absolute Gasteiger partial charge is 0.330 e. The van der Waals surface area contributed by atoms with Crippen LogP contribution in [0.25, 0.3) is 5.82 Å². The van der Waals surface area contributed by atoms with E-state index in [0.717, 1.165) is 24.4 Å². The van der Waals surface area contributed by atoms with Gasteiger partial charge in [-0.3, -0.25) is 19.3 Å². The quantitative estimate of drug-likeness (QED) is 0.735. The van der Waals surface area contributed by atoms with E-state index in [-0.39, 0.29) is 11.9 Å². The Kier molecular flexibility index (Phi) is 3.97. The van der Waals surface area contributed by atoms with Crippen molar-refractivity contribution in [2.45, 2.75) is 25.8 Å². The van der Waals surface area contributed by atoms with E-state index in [4.69, 9.17) is 4.98 Å². The zero-order valence-corrected chi connectivity index (χ0v) is 13.9. The molecule has 3 aromatic rings. The molecule has 0 aliphatic carbocycles. The van der Waals surface area contributed by atoms with Gasteiger partial charge in [-0.1, -0.05) is 0 Å². The number of carbonyl (C=O) groups excluding carboxylic acids is 1. The molecule has 1 atom stereocenters. The predicted octanol–water partition coefficient (Wildman–Crippen LogP) is 2.34. The highest BCUT2D eigenvalue weighted by atomic mass is 16.2.